The molecule has 1 N–H and O–H groups in total. The Bertz CT molecular complexity index is 742. The van der Waals surface area contributed by atoms with Crippen LogP contribution in [0.25, 0.3) is 10.2 Å². The molecule has 1 amide bonds. The van der Waals surface area contributed by atoms with Crippen LogP contribution in [0.1, 0.15) is 61.7 Å². The Kier molecular flexibility index (Phi) is 5.04. The number of nitrogens with one attached hydrogen (secondary N) is 1. The van der Waals surface area contributed by atoms with Crippen molar-refractivity contribution >= 4 is 33.3 Å². The van der Waals surface area contributed by atoms with Crippen molar-refractivity contribution in [1.29, 1.82) is 0 Å². The molecule has 2 atom stereocenters. The van der Waals surface area contributed by atoms with Gasteiger partial charge in [-0.1, -0.05) is 6.92 Å². The fraction of sp³-hybridized carbons (Fsp3) is 0.611. The Morgan fingerprint density at radius 2 is 2.25 bits per heavy atom. The summed E-state index contributed by atoms with van der Waals surface area (Å²) in [6, 6.07) is 0.656. The number of carbonyl (C=O) groups excluding carboxylic acids is 1. The van der Waals surface area contributed by atoms with E-state index in [2.05, 4.69) is 34.0 Å². The molecular formula is C18H26N4OS. The highest BCUT2D eigenvalue weighted by atomic mass is 32.1. The van der Waals surface area contributed by atoms with E-state index >= 15 is 0 Å². The van der Waals surface area contributed by atoms with Crippen molar-refractivity contribution in [2.45, 2.75) is 65.5 Å². The van der Waals surface area contributed by atoms with E-state index < -0.39 is 0 Å². The number of aryl methyl sites for hydroxylation is 1. The molecule has 0 unspecified atom stereocenters. The molecule has 5 nitrogen and oxygen atoms in total. The van der Waals surface area contributed by atoms with Crippen LogP contribution in [0.3, 0.4) is 0 Å². The fourth-order valence-corrected chi connectivity index (χ4v) is 4.34. The topological polar surface area (TPSA) is 58.1 Å². The molecule has 2 aromatic heterocycles. The molecule has 6 heteroatoms. The summed E-state index contributed by atoms with van der Waals surface area (Å²) < 4.78 is 0. The van der Waals surface area contributed by atoms with Crippen LogP contribution in [0.5, 0.6) is 0 Å². The second kappa shape index (κ2) is 7.05. The lowest BCUT2D eigenvalue weighted by Crippen LogP contribution is -2.38. The maximum absolute atomic E-state index is 12.6. The summed E-state index contributed by atoms with van der Waals surface area (Å²) in [6.07, 6.45) is 6.21. The highest BCUT2D eigenvalue weighted by Gasteiger charge is 2.26. The van der Waals surface area contributed by atoms with Gasteiger partial charge in [-0.25, -0.2) is 9.97 Å². The average Bonchev–Trinajstić information content (AvgIpc) is 2.92. The molecule has 2 aromatic rings. The lowest BCUT2D eigenvalue weighted by Gasteiger charge is -2.34. The first-order valence-electron chi connectivity index (χ1n) is 8.84. The molecular weight excluding hydrogens is 320 g/mol. The zero-order valence-electron chi connectivity index (χ0n) is 14.9. The summed E-state index contributed by atoms with van der Waals surface area (Å²) in [7, 11) is 0. The maximum atomic E-state index is 12.6. The summed E-state index contributed by atoms with van der Waals surface area (Å²) in [5, 5.41) is 4.11. The van der Waals surface area contributed by atoms with Crippen molar-refractivity contribution in [3.8, 4) is 0 Å². The number of fused-ring (bicyclic) bond motifs is 1. The summed E-state index contributed by atoms with van der Waals surface area (Å²) in [5.41, 5.74) is 1.00. The van der Waals surface area contributed by atoms with Crippen LogP contribution in [0.15, 0.2) is 6.33 Å². The Hall–Kier alpha value is -1.69. The zero-order valence-corrected chi connectivity index (χ0v) is 15.7. The Labute approximate surface area is 147 Å². The number of rotatable bonds is 4. The number of piperidine rings is 1. The minimum absolute atomic E-state index is 0.00231. The number of carbonyl (C=O) groups is 1. The molecule has 1 saturated heterocycles. The first-order chi connectivity index (χ1) is 11.5. The lowest BCUT2D eigenvalue weighted by atomic mass is 10.0. The molecule has 0 radical (unpaired) electrons. The quantitative estimate of drug-likeness (QED) is 0.912. The summed E-state index contributed by atoms with van der Waals surface area (Å²) >= 11 is 1.47. The average molecular weight is 347 g/mol. The van der Waals surface area contributed by atoms with E-state index in [9.17, 15) is 4.79 Å². The van der Waals surface area contributed by atoms with Gasteiger partial charge in [0.1, 0.15) is 17.0 Å². The lowest BCUT2D eigenvalue weighted by molar-refractivity contribution is 0.0943. The van der Waals surface area contributed by atoms with E-state index in [1.807, 2.05) is 13.8 Å². The molecule has 0 aromatic carbocycles. The number of anilines is 1. The van der Waals surface area contributed by atoms with Crippen LogP contribution in [-0.2, 0) is 0 Å². The van der Waals surface area contributed by atoms with Crippen LogP contribution >= 0.6 is 11.3 Å². The number of amides is 1. The molecule has 0 spiro atoms. The predicted molar refractivity (Wildman–Crippen MR) is 100 cm³/mol. The van der Waals surface area contributed by atoms with Crippen LogP contribution in [-0.4, -0.2) is 34.5 Å². The molecule has 0 aliphatic carbocycles. The maximum Gasteiger partial charge on any atom is 0.261 e. The predicted octanol–water partition coefficient (Wildman–Crippen LogP) is 3.91. The van der Waals surface area contributed by atoms with Gasteiger partial charge in [0.25, 0.3) is 5.91 Å². The highest BCUT2D eigenvalue weighted by molar-refractivity contribution is 7.20. The van der Waals surface area contributed by atoms with Gasteiger partial charge in [-0.2, -0.15) is 0 Å². The third-order valence-corrected chi connectivity index (χ3v) is 6.18. The van der Waals surface area contributed by atoms with E-state index in [0.29, 0.717) is 6.04 Å². The van der Waals surface area contributed by atoms with E-state index in [-0.39, 0.29) is 11.9 Å². The van der Waals surface area contributed by atoms with Crippen LogP contribution in [0, 0.1) is 6.92 Å². The third kappa shape index (κ3) is 3.11. The minimum Gasteiger partial charge on any atom is -0.353 e. The van der Waals surface area contributed by atoms with Crippen LogP contribution in [0.4, 0.5) is 5.82 Å². The molecule has 24 heavy (non-hydrogen) atoms. The standard InChI is InChI=1S/C18H26N4OS/c1-5-11(2)21-17(23)15-13(4)14-16(19-10-20-18(14)24-15)22-9-7-6-8-12(22)3/h10-12H,5-9H2,1-4H3,(H,21,23)/t11-,12+/m0/s1. The highest BCUT2D eigenvalue weighted by Crippen LogP contribution is 2.36. The number of hydrogen-bond acceptors (Lipinski definition) is 5. The van der Waals surface area contributed by atoms with Crippen molar-refractivity contribution in [3.05, 3.63) is 16.8 Å². The molecule has 1 aliphatic heterocycles. The van der Waals surface area contributed by atoms with Crippen molar-refractivity contribution < 1.29 is 4.79 Å². The van der Waals surface area contributed by atoms with Gasteiger partial charge in [-0.05, 0) is 52.0 Å². The summed E-state index contributed by atoms with van der Waals surface area (Å²) in [5.74, 6) is 0.992. The normalized spacial score (nSPS) is 19.5. The van der Waals surface area contributed by atoms with Gasteiger partial charge in [0.15, 0.2) is 0 Å². The molecule has 1 aliphatic rings. The minimum atomic E-state index is 0.00231. The van der Waals surface area contributed by atoms with Crippen molar-refractivity contribution in [2.75, 3.05) is 11.4 Å². The van der Waals surface area contributed by atoms with Gasteiger partial charge in [0, 0.05) is 18.6 Å². The van der Waals surface area contributed by atoms with Crippen molar-refractivity contribution in [1.82, 2.24) is 15.3 Å². The Morgan fingerprint density at radius 1 is 1.46 bits per heavy atom. The van der Waals surface area contributed by atoms with Gasteiger partial charge in [0.05, 0.1) is 10.3 Å². The van der Waals surface area contributed by atoms with E-state index in [1.165, 1.54) is 30.6 Å². The molecule has 130 valence electrons. The number of hydrogen-bond donors (Lipinski definition) is 1. The van der Waals surface area contributed by atoms with Gasteiger partial charge >= 0.3 is 0 Å². The second-order valence-electron chi connectivity index (χ2n) is 6.75. The van der Waals surface area contributed by atoms with Crippen molar-refractivity contribution in [3.63, 3.8) is 0 Å². The third-order valence-electron chi connectivity index (χ3n) is 4.98. The summed E-state index contributed by atoms with van der Waals surface area (Å²) in [6.45, 7) is 9.40. The molecule has 0 saturated carbocycles. The largest absolute Gasteiger partial charge is 0.353 e. The van der Waals surface area contributed by atoms with Gasteiger partial charge in [-0.3, -0.25) is 4.79 Å². The molecule has 3 rings (SSSR count). The van der Waals surface area contributed by atoms with Gasteiger partial charge in [0.2, 0.25) is 0 Å². The fourth-order valence-electron chi connectivity index (χ4n) is 3.29. The monoisotopic (exact) mass is 346 g/mol. The zero-order chi connectivity index (χ0) is 17.3. The summed E-state index contributed by atoms with van der Waals surface area (Å²) in [4.78, 5) is 25.6. The number of nitrogens with zero attached hydrogens (tertiary/aromatic N) is 3. The smallest absolute Gasteiger partial charge is 0.261 e. The van der Waals surface area contributed by atoms with Crippen LogP contribution < -0.4 is 10.2 Å². The number of aromatic nitrogens is 2. The Balaban J connectivity index is 2.02. The van der Waals surface area contributed by atoms with E-state index in [4.69, 9.17) is 0 Å². The molecule has 1 fully saturated rings. The van der Waals surface area contributed by atoms with Crippen LogP contribution in [0.2, 0.25) is 0 Å². The molecule has 0 bridgehead atoms. The van der Waals surface area contributed by atoms with E-state index in [1.54, 1.807) is 6.33 Å². The Morgan fingerprint density at radius 3 is 2.96 bits per heavy atom. The second-order valence-corrected chi connectivity index (χ2v) is 7.75. The first-order valence-corrected chi connectivity index (χ1v) is 9.66. The first kappa shape index (κ1) is 17.1. The number of thiophene rings is 1. The van der Waals surface area contributed by atoms with E-state index in [0.717, 1.165) is 39.4 Å². The van der Waals surface area contributed by atoms with Gasteiger partial charge in [-0.15, -0.1) is 11.3 Å². The SMILES string of the molecule is CC[C@H](C)NC(=O)c1sc2ncnc(N3CCCC[C@H]3C)c2c1C. The molecule has 3 heterocycles. The van der Waals surface area contributed by atoms with Gasteiger partial charge < -0.3 is 10.2 Å². The van der Waals surface area contributed by atoms with Crippen molar-refractivity contribution in [2.24, 2.45) is 0 Å².